The summed E-state index contributed by atoms with van der Waals surface area (Å²) in [4.78, 5) is 22.8. The second-order valence-electron chi connectivity index (χ2n) is 6.26. The normalized spacial score (nSPS) is 10.7. The second kappa shape index (κ2) is 8.81. The number of carbonyl (C=O) groups is 2. The molecule has 2 rings (SSSR count). The average Bonchev–Trinajstić information content (AvgIpc) is 2.73. The van der Waals surface area contributed by atoms with Crippen molar-refractivity contribution in [1.82, 2.24) is 0 Å². The Balaban J connectivity index is 2.82. The van der Waals surface area contributed by atoms with Gasteiger partial charge in [-0.25, -0.2) is 27.2 Å². The summed E-state index contributed by atoms with van der Waals surface area (Å²) in [7, 11) is 0. The van der Waals surface area contributed by atoms with Crippen LogP contribution in [0.25, 0.3) is 11.1 Å². The fourth-order valence-electron chi connectivity index (χ4n) is 2.20. The smallest absolute Gasteiger partial charge is 0.338 e. The molecule has 4 nitrogen and oxygen atoms in total. The number of ether oxygens (including phenoxy) is 2. The lowest BCUT2D eigenvalue weighted by Crippen LogP contribution is -2.15. The largest absolute Gasteiger partial charge is 0.417 e. The van der Waals surface area contributed by atoms with Gasteiger partial charge in [-0.15, -0.1) is 0 Å². The van der Waals surface area contributed by atoms with Crippen LogP contribution in [0.5, 0.6) is 11.5 Å². The molecule has 0 amide bonds. The Morgan fingerprint density at radius 3 is 0.938 bits per heavy atom. The van der Waals surface area contributed by atoms with E-state index < -0.39 is 92.2 Å². The zero-order valence-electron chi connectivity index (χ0n) is 16.1. The summed E-state index contributed by atoms with van der Waals surface area (Å²) in [5.74, 6) is -26.8. The maximum atomic E-state index is 14.4. The molecule has 170 valence electrons. The number of hydrogen-bond donors (Lipinski definition) is 0. The van der Waals surface area contributed by atoms with Gasteiger partial charge in [-0.2, -0.15) is 17.6 Å². The second-order valence-corrected chi connectivity index (χ2v) is 6.26. The quantitative estimate of drug-likeness (QED) is 0.194. The molecule has 32 heavy (non-hydrogen) atoms. The van der Waals surface area contributed by atoms with E-state index in [0.717, 1.165) is 13.8 Å². The van der Waals surface area contributed by atoms with E-state index in [-0.39, 0.29) is 0 Å². The van der Waals surface area contributed by atoms with Gasteiger partial charge in [0.05, 0.1) is 11.1 Å². The van der Waals surface area contributed by atoms with Crippen LogP contribution in [-0.4, -0.2) is 11.9 Å². The Hall–Kier alpha value is -3.70. The minimum atomic E-state index is -2.54. The van der Waals surface area contributed by atoms with Crippen molar-refractivity contribution in [3.8, 4) is 22.6 Å². The monoisotopic (exact) mass is 466 g/mol. The molecule has 0 spiro atoms. The summed E-state index contributed by atoms with van der Waals surface area (Å²) in [6.07, 6.45) is 0. The van der Waals surface area contributed by atoms with Crippen molar-refractivity contribution in [1.29, 1.82) is 0 Å². The van der Waals surface area contributed by atoms with Crippen LogP contribution in [0.4, 0.5) is 35.1 Å². The first-order valence-electron chi connectivity index (χ1n) is 8.19. The van der Waals surface area contributed by atoms with Crippen LogP contribution < -0.4 is 9.47 Å². The van der Waals surface area contributed by atoms with Crippen LogP contribution in [0.3, 0.4) is 0 Å². The van der Waals surface area contributed by atoms with Crippen molar-refractivity contribution in [3.05, 3.63) is 70.8 Å². The number of rotatable bonds is 5. The average molecular weight is 466 g/mol. The maximum Gasteiger partial charge on any atom is 0.338 e. The first kappa shape index (κ1) is 24.6. The van der Waals surface area contributed by atoms with Crippen LogP contribution >= 0.6 is 0 Å². The Labute approximate surface area is 174 Å². The summed E-state index contributed by atoms with van der Waals surface area (Å²) in [5.41, 5.74) is -5.26. The molecule has 0 saturated carbocycles. The van der Waals surface area contributed by atoms with Crippen molar-refractivity contribution in [2.24, 2.45) is 0 Å². The third-order valence-electron chi connectivity index (χ3n) is 3.78. The fraction of sp³-hybridized carbons (Fsp3) is 0.100. The van der Waals surface area contributed by atoms with E-state index in [1.165, 1.54) is 0 Å². The first-order valence-corrected chi connectivity index (χ1v) is 8.19. The number of halogens is 8. The van der Waals surface area contributed by atoms with Gasteiger partial charge in [-0.1, -0.05) is 13.2 Å². The van der Waals surface area contributed by atoms with Gasteiger partial charge in [0, 0.05) is 11.1 Å². The maximum absolute atomic E-state index is 14.4. The van der Waals surface area contributed by atoms with Crippen molar-refractivity contribution in [2.45, 2.75) is 13.8 Å². The highest BCUT2D eigenvalue weighted by Crippen LogP contribution is 2.41. The number of benzene rings is 2. The minimum Gasteiger partial charge on any atom is -0.417 e. The van der Waals surface area contributed by atoms with E-state index in [2.05, 4.69) is 22.6 Å². The van der Waals surface area contributed by atoms with Crippen molar-refractivity contribution >= 4 is 11.9 Å². The lowest BCUT2D eigenvalue weighted by molar-refractivity contribution is -0.131. The molecule has 2 aromatic carbocycles. The SMILES string of the molecule is C=C(C)C(=O)Oc1c(F)c(F)c(-c2c(F)c(F)c(OC(=O)C(=C)C)c(F)c2F)c(F)c1F. The Bertz CT molecular complexity index is 1050. The molecule has 0 heterocycles. The topological polar surface area (TPSA) is 52.6 Å². The number of carbonyl (C=O) groups excluding carboxylic acids is 2. The van der Waals surface area contributed by atoms with E-state index in [9.17, 15) is 44.7 Å². The molecule has 0 aliphatic heterocycles. The molecule has 0 N–H and O–H groups in total. The zero-order chi connectivity index (χ0) is 24.7. The third kappa shape index (κ3) is 4.07. The third-order valence-corrected chi connectivity index (χ3v) is 3.78. The minimum absolute atomic E-state index is 0.435. The first-order chi connectivity index (χ1) is 14.7. The lowest BCUT2D eigenvalue weighted by atomic mass is 10.0. The molecule has 0 atom stereocenters. The van der Waals surface area contributed by atoms with Gasteiger partial charge >= 0.3 is 11.9 Å². The van der Waals surface area contributed by atoms with Gasteiger partial charge in [0.1, 0.15) is 0 Å². The number of hydrogen-bond acceptors (Lipinski definition) is 4. The Morgan fingerprint density at radius 2 is 0.750 bits per heavy atom. The number of esters is 2. The Kier molecular flexibility index (Phi) is 6.76. The van der Waals surface area contributed by atoms with E-state index in [0.29, 0.717) is 0 Å². The predicted molar refractivity (Wildman–Crippen MR) is 92.4 cm³/mol. The van der Waals surface area contributed by atoms with Crippen LogP contribution in [0.1, 0.15) is 13.8 Å². The summed E-state index contributed by atoms with van der Waals surface area (Å²) < 4.78 is 123. The molecule has 0 aromatic heterocycles. The van der Waals surface area contributed by atoms with Crippen molar-refractivity contribution in [2.75, 3.05) is 0 Å². The van der Waals surface area contributed by atoms with Crippen LogP contribution in [0, 0.1) is 46.5 Å². The summed E-state index contributed by atoms with van der Waals surface area (Å²) in [6.45, 7) is 8.19. The van der Waals surface area contributed by atoms with Gasteiger partial charge in [0.2, 0.25) is 34.8 Å². The molecule has 0 bridgehead atoms. The highest BCUT2D eigenvalue weighted by Gasteiger charge is 2.36. The van der Waals surface area contributed by atoms with Crippen LogP contribution in [0.2, 0.25) is 0 Å². The highest BCUT2D eigenvalue weighted by atomic mass is 19.2. The summed E-state index contributed by atoms with van der Waals surface area (Å²) >= 11 is 0. The van der Waals surface area contributed by atoms with Gasteiger partial charge in [0.15, 0.2) is 23.3 Å². The molecule has 2 aromatic rings. The van der Waals surface area contributed by atoms with Gasteiger partial charge < -0.3 is 9.47 Å². The lowest BCUT2D eigenvalue weighted by Gasteiger charge is -2.15. The molecular formula is C20H10F8O4. The fourth-order valence-corrected chi connectivity index (χ4v) is 2.20. The van der Waals surface area contributed by atoms with Gasteiger partial charge in [-0.3, -0.25) is 0 Å². The highest BCUT2D eigenvalue weighted by molar-refractivity contribution is 5.89. The van der Waals surface area contributed by atoms with Crippen molar-refractivity contribution in [3.63, 3.8) is 0 Å². The van der Waals surface area contributed by atoms with Gasteiger partial charge in [-0.05, 0) is 13.8 Å². The molecule has 0 radical (unpaired) electrons. The van der Waals surface area contributed by atoms with E-state index >= 15 is 0 Å². The molecular weight excluding hydrogens is 456 g/mol. The standard InChI is InChI=1S/C20H10F8O4/c1-5(2)19(29)31-17-13(25)9(21)7(10(22)14(17)26)8-11(23)15(27)18(16(28)12(8)24)32-20(30)6(3)4/h1,3H2,2,4H3. The molecule has 0 unspecified atom stereocenters. The van der Waals surface area contributed by atoms with E-state index in [4.69, 9.17) is 0 Å². The molecule has 0 saturated heterocycles. The Morgan fingerprint density at radius 1 is 0.531 bits per heavy atom. The van der Waals surface area contributed by atoms with E-state index in [1.54, 1.807) is 0 Å². The predicted octanol–water partition coefficient (Wildman–Crippen LogP) is 5.43. The molecule has 0 aliphatic rings. The zero-order valence-corrected chi connectivity index (χ0v) is 16.1. The summed E-state index contributed by atoms with van der Waals surface area (Å²) in [6, 6.07) is 0. The molecule has 0 fully saturated rings. The van der Waals surface area contributed by atoms with Gasteiger partial charge in [0.25, 0.3) is 0 Å². The van der Waals surface area contributed by atoms with E-state index in [1.807, 2.05) is 0 Å². The molecule has 12 heteroatoms. The van der Waals surface area contributed by atoms with Crippen molar-refractivity contribution < 1.29 is 54.2 Å². The van der Waals surface area contributed by atoms with Crippen LogP contribution in [-0.2, 0) is 9.59 Å². The van der Waals surface area contributed by atoms with Crippen LogP contribution in [0.15, 0.2) is 24.3 Å². The molecule has 0 aliphatic carbocycles. The summed E-state index contributed by atoms with van der Waals surface area (Å²) in [5, 5.41) is 0.